The second-order valence-electron chi connectivity index (χ2n) is 6.58. The minimum absolute atomic E-state index is 0.221. The van der Waals surface area contributed by atoms with E-state index < -0.39 is 6.29 Å². The van der Waals surface area contributed by atoms with Crippen LogP contribution in [0.3, 0.4) is 0 Å². The molecule has 144 valence electrons. The van der Waals surface area contributed by atoms with Crippen LogP contribution in [0.4, 0.5) is 0 Å². The summed E-state index contributed by atoms with van der Waals surface area (Å²) in [5, 5.41) is 12.3. The Morgan fingerprint density at radius 1 is 1.32 bits per heavy atom. The van der Waals surface area contributed by atoms with Gasteiger partial charge in [-0.2, -0.15) is 16.4 Å². The molecule has 9 heteroatoms. The van der Waals surface area contributed by atoms with Crippen molar-refractivity contribution in [1.29, 1.82) is 0 Å². The van der Waals surface area contributed by atoms with Gasteiger partial charge in [0, 0.05) is 10.9 Å². The van der Waals surface area contributed by atoms with Gasteiger partial charge in [0.1, 0.15) is 17.6 Å². The molecule has 1 amide bonds. The zero-order valence-corrected chi connectivity index (χ0v) is 15.7. The van der Waals surface area contributed by atoms with Crippen LogP contribution in [0, 0.1) is 5.92 Å². The fraction of sp³-hybridized carbons (Fsp3) is 0.316. The molecule has 1 aromatic carbocycles. The first-order valence-electron chi connectivity index (χ1n) is 8.80. The van der Waals surface area contributed by atoms with Crippen LogP contribution in [-0.4, -0.2) is 49.5 Å². The van der Waals surface area contributed by atoms with Gasteiger partial charge < -0.3 is 19.0 Å². The van der Waals surface area contributed by atoms with Gasteiger partial charge in [0.05, 0.1) is 30.9 Å². The van der Waals surface area contributed by atoms with Crippen molar-refractivity contribution in [2.75, 3.05) is 13.7 Å². The first kappa shape index (κ1) is 17.4. The SMILES string of the molecule is COc1ccc(C2=NO[C@@H]3[C@@H]4CO[C@@H](O4)/C(=N/NC(=O)c4ccsc4)[C@H]23)cc1. The number of amides is 1. The van der Waals surface area contributed by atoms with Gasteiger partial charge in [-0.05, 0) is 35.7 Å². The summed E-state index contributed by atoms with van der Waals surface area (Å²) in [6, 6.07) is 9.31. The Hall–Kier alpha value is -2.75. The molecule has 3 aliphatic rings. The zero-order chi connectivity index (χ0) is 19.1. The molecule has 0 spiro atoms. The van der Waals surface area contributed by atoms with Crippen molar-refractivity contribution in [3.05, 3.63) is 52.2 Å². The Kier molecular flexibility index (Phi) is 4.34. The third-order valence-corrected chi connectivity index (χ3v) is 5.67. The standard InChI is InChI=1S/C19H17N3O5S/c1-24-12-4-2-10(3-5-12)15-14-16(20-21-18(23)11-6-7-28-9-11)19-25-8-13(26-19)17(14)27-22-15/h2-7,9,13-14,17,19H,8H2,1H3,(H,21,23)/b20-16+/t13-,14-,17+,19-/m0/s1. The summed E-state index contributed by atoms with van der Waals surface area (Å²) in [7, 11) is 1.62. The van der Waals surface area contributed by atoms with Crippen LogP contribution in [0.1, 0.15) is 15.9 Å². The number of hydrogen-bond donors (Lipinski definition) is 1. The van der Waals surface area contributed by atoms with E-state index in [0.717, 1.165) is 17.0 Å². The van der Waals surface area contributed by atoms with Crippen molar-refractivity contribution >= 4 is 28.7 Å². The summed E-state index contributed by atoms with van der Waals surface area (Å²) < 4.78 is 16.8. The molecule has 2 bridgehead atoms. The summed E-state index contributed by atoms with van der Waals surface area (Å²) in [6.45, 7) is 0.398. The van der Waals surface area contributed by atoms with Crippen molar-refractivity contribution in [2.24, 2.45) is 16.2 Å². The first-order valence-corrected chi connectivity index (χ1v) is 9.74. The summed E-state index contributed by atoms with van der Waals surface area (Å²) in [6.07, 6.45) is -1.19. The molecule has 5 rings (SSSR count). The number of rotatable bonds is 4. The van der Waals surface area contributed by atoms with E-state index >= 15 is 0 Å². The largest absolute Gasteiger partial charge is 0.497 e. The normalized spacial score (nSPS) is 29.2. The molecule has 4 atom stereocenters. The van der Waals surface area contributed by atoms with E-state index in [1.54, 1.807) is 18.6 Å². The van der Waals surface area contributed by atoms with Crippen molar-refractivity contribution in [3.8, 4) is 5.75 Å². The second kappa shape index (κ2) is 7.01. The number of nitrogens with zero attached hydrogens (tertiary/aromatic N) is 2. The number of fused-ring (bicyclic) bond motifs is 4. The molecule has 0 aliphatic carbocycles. The summed E-state index contributed by atoms with van der Waals surface area (Å²) in [4.78, 5) is 18.0. The number of ether oxygens (including phenoxy) is 3. The Morgan fingerprint density at radius 3 is 2.93 bits per heavy atom. The van der Waals surface area contributed by atoms with E-state index in [1.165, 1.54) is 11.3 Å². The molecular formula is C19H17N3O5S. The van der Waals surface area contributed by atoms with Crippen LogP contribution in [0.2, 0.25) is 0 Å². The molecule has 8 nitrogen and oxygen atoms in total. The predicted octanol–water partition coefficient (Wildman–Crippen LogP) is 2.02. The van der Waals surface area contributed by atoms with E-state index in [9.17, 15) is 4.79 Å². The fourth-order valence-electron chi connectivity index (χ4n) is 3.57. The number of nitrogens with one attached hydrogen (secondary N) is 1. The zero-order valence-electron chi connectivity index (χ0n) is 14.9. The van der Waals surface area contributed by atoms with Gasteiger partial charge in [-0.3, -0.25) is 4.79 Å². The Morgan fingerprint density at radius 2 is 2.18 bits per heavy atom. The minimum Gasteiger partial charge on any atom is -0.497 e. The van der Waals surface area contributed by atoms with Gasteiger partial charge in [0.25, 0.3) is 5.91 Å². The van der Waals surface area contributed by atoms with Crippen molar-refractivity contribution in [2.45, 2.75) is 18.5 Å². The van der Waals surface area contributed by atoms with Gasteiger partial charge in [-0.15, -0.1) is 0 Å². The average molecular weight is 399 g/mol. The maximum atomic E-state index is 12.3. The van der Waals surface area contributed by atoms with Crippen LogP contribution in [-0.2, 0) is 14.3 Å². The van der Waals surface area contributed by atoms with Crippen molar-refractivity contribution in [1.82, 2.24) is 5.43 Å². The number of hydrogen-bond acceptors (Lipinski definition) is 8. The molecule has 4 heterocycles. The van der Waals surface area contributed by atoms with E-state index in [2.05, 4.69) is 15.7 Å². The van der Waals surface area contributed by atoms with Crippen molar-refractivity contribution in [3.63, 3.8) is 0 Å². The van der Waals surface area contributed by atoms with Gasteiger partial charge in [-0.25, -0.2) is 5.43 Å². The molecule has 2 aromatic rings. The highest BCUT2D eigenvalue weighted by atomic mass is 32.1. The fourth-order valence-corrected chi connectivity index (χ4v) is 4.20. The summed E-state index contributed by atoms with van der Waals surface area (Å²) >= 11 is 1.45. The van der Waals surface area contributed by atoms with Crippen molar-refractivity contribution < 1.29 is 23.8 Å². The van der Waals surface area contributed by atoms with E-state index in [0.29, 0.717) is 17.9 Å². The number of methoxy groups -OCH3 is 1. The van der Waals surface area contributed by atoms with E-state index in [-0.39, 0.29) is 24.0 Å². The third-order valence-electron chi connectivity index (χ3n) is 4.99. The summed E-state index contributed by atoms with van der Waals surface area (Å²) in [5.41, 5.74) is 5.34. The van der Waals surface area contributed by atoms with Crippen LogP contribution < -0.4 is 10.2 Å². The van der Waals surface area contributed by atoms with E-state index in [1.807, 2.05) is 29.6 Å². The monoisotopic (exact) mass is 399 g/mol. The molecule has 0 radical (unpaired) electrons. The van der Waals surface area contributed by atoms with Gasteiger partial charge in [-0.1, -0.05) is 5.16 Å². The Labute approximate surface area is 164 Å². The lowest BCUT2D eigenvalue weighted by Gasteiger charge is -2.30. The second-order valence-corrected chi connectivity index (χ2v) is 7.36. The highest BCUT2D eigenvalue weighted by Gasteiger charge is 2.55. The maximum Gasteiger partial charge on any atom is 0.272 e. The number of hydrazone groups is 1. The van der Waals surface area contributed by atoms with Gasteiger partial charge in [0.15, 0.2) is 12.4 Å². The van der Waals surface area contributed by atoms with E-state index in [4.69, 9.17) is 19.0 Å². The lowest BCUT2D eigenvalue weighted by Crippen LogP contribution is -2.49. The molecule has 0 unspecified atom stereocenters. The Balaban J connectivity index is 1.45. The molecule has 2 saturated heterocycles. The average Bonchev–Trinajstić information content (AvgIpc) is 3.48. The molecular weight excluding hydrogens is 382 g/mol. The highest BCUT2D eigenvalue weighted by molar-refractivity contribution is 7.08. The highest BCUT2D eigenvalue weighted by Crippen LogP contribution is 2.38. The maximum absolute atomic E-state index is 12.3. The van der Waals surface area contributed by atoms with Crippen LogP contribution >= 0.6 is 11.3 Å². The number of carbonyl (C=O) groups is 1. The molecule has 0 saturated carbocycles. The molecule has 1 aromatic heterocycles. The number of oxime groups is 1. The van der Waals surface area contributed by atoms with Gasteiger partial charge in [0.2, 0.25) is 0 Å². The lowest BCUT2D eigenvalue weighted by molar-refractivity contribution is -0.0812. The molecule has 3 aliphatic heterocycles. The topological polar surface area (TPSA) is 90.7 Å². The number of thiophene rings is 1. The smallest absolute Gasteiger partial charge is 0.272 e. The predicted molar refractivity (Wildman–Crippen MR) is 102 cm³/mol. The number of benzene rings is 1. The molecule has 1 N–H and O–H groups in total. The molecule has 2 fully saturated rings. The lowest BCUT2D eigenvalue weighted by atomic mass is 9.84. The minimum atomic E-state index is -0.626. The molecule has 28 heavy (non-hydrogen) atoms. The quantitative estimate of drug-likeness (QED) is 0.795. The van der Waals surface area contributed by atoms with Crippen LogP contribution in [0.25, 0.3) is 0 Å². The Bertz CT molecular complexity index is 941. The van der Waals surface area contributed by atoms with Gasteiger partial charge >= 0.3 is 0 Å². The third kappa shape index (κ3) is 2.88. The number of carbonyl (C=O) groups excluding carboxylic acids is 1. The summed E-state index contributed by atoms with van der Waals surface area (Å²) in [5.74, 6) is 0.210. The first-order chi connectivity index (χ1) is 13.7. The van der Waals surface area contributed by atoms with Crippen LogP contribution in [0.5, 0.6) is 5.75 Å². The van der Waals surface area contributed by atoms with Crippen LogP contribution in [0.15, 0.2) is 51.3 Å².